The largest absolute Gasteiger partial charge is 0.493 e. The molecule has 4 aromatic rings. The number of methoxy groups -OCH3 is 2. The molecule has 0 saturated heterocycles. The van der Waals surface area contributed by atoms with E-state index >= 15 is 8.78 Å². The SMILES string of the molecule is CCCCN(c1ccc2ncc(-c3cnn(C)c3)nc2c1)c1c(F)c(OC)cc(OC)c1F. The Morgan fingerprint density at radius 2 is 1.73 bits per heavy atom. The number of anilines is 2. The normalized spacial score (nSPS) is 11.1. The summed E-state index contributed by atoms with van der Waals surface area (Å²) < 4.78 is 42.6. The summed E-state index contributed by atoms with van der Waals surface area (Å²) in [6, 6.07) is 6.55. The second-order valence-electron chi connectivity index (χ2n) is 7.59. The number of hydrogen-bond acceptors (Lipinski definition) is 6. The van der Waals surface area contributed by atoms with Crippen LogP contribution in [0.5, 0.6) is 11.5 Å². The molecule has 2 heterocycles. The maximum absolute atomic E-state index is 15.3. The van der Waals surface area contributed by atoms with Gasteiger partial charge in [-0.25, -0.2) is 13.8 Å². The fourth-order valence-corrected chi connectivity index (χ4v) is 3.66. The van der Waals surface area contributed by atoms with Crippen LogP contribution in [0.2, 0.25) is 0 Å². The minimum Gasteiger partial charge on any atom is -0.493 e. The van der Waals surface area contributed by atoms with Crippen molar-refractivity contribution in [2.45, 2.75) is 19.8 Å². The molecule has 0 unspecified atom stereocenters. The van der Waals surface area contributed by atoms with Gasteiger partial charge in [0, 0.05) is 37.1 Å². The highest BCUT2D eigenvalue weighted by Crippen LogP contribution is 2.40. The Bertz CT molecular complexity index is 1260. The van der Waals surface area contributed by atoms with E-state index in [1.807, 2.05) is 20.2 Å². The molecule has 172 valence electrons. The molecule has 0 bridgehead atoms. The maximum atomic E-state index is 15.3. The molecule has 33 heavy (non-hydrogen) atoms. The lowest BCUT2D eigenvalue weighted by Crippen LogP contribution is -2.21. The van der Waals surface area contributed by atoms with Crippen molar-refractivity contribution in [3.05, 3.63) is 54.5 Å². The van der Waals surface area contributed by atoms with E-state index in [1.165, 1.54) is 20.3 Å². The second kappa shape index (κ2) is 9.40. The van der Waals surface area contributed by atoms with Gasteiger partial charge in [0.05, 0.1) is 43.3 Å². The Morgan fingerprint density at radius 3 is 2.33 bits per heavy atom. The van der Waals surface area contributed by atoms with Crippen molar-refractivity contribution in [2.24, 2.45) is 7.05 Å². The molecule has 0 N–H and O–H groups in total. The van der Waals surface area contributed by atoms with Crippen molar-refractivity contribution in [1.29, 1.82) is 0 Å². The van der Waals surface area contributed by atoms with E-state index in [1.54, 1.807) is 40.2 Å². The third kappa shape index (κ3) is 4.30. The van der Waals surface area contributed by atoms with Gasteiger partial charge in [0.2, 0.25) is 0 Å². The van der Waals surface area contributed by atoms with Crippen LogP contribution in [0, 0.1) is 11.6 Å². The summed E-state index contributed by atoms with van der Waals surface area (Å²) in [6.07, 6.45) is 6.80. The quantitative estimate of drug-likeness (QED) is 0.362. The highest BCUT2D eigenvalue weighted by atomic mass is 19.1. The summed E-state index contributed by atoms with van der Waals surface area (Å²) >= 11 is 0. The number of fused-ring (bicyclic) bond motifs is 1. The molecule has 0 fully saturated rings. The van der Waals surface area contributed by atoms with Gasteiger partial charge in [-0.2, -0.15) is 5.10 Å². The van der Waals surface area contributed by atoms with Gasteiger partial charge in [-0.3, -0.25) is 9.67 Å². The van der Waals surface area contributed by atoms with Crippen molar-refractivity contribution in [2.75, 3.05) is 25.7 Å². The van der Waals surface area contributed by atoms with Gasteiger partial charge in [-0.1, -0.05) is 13.3 Å². The summed E-state index contributed by atoms with van der Waals surface area (Å²) in [7, 11) is 4.50. The standard InChI is InChI=1S/C24H25F2N5O2/c1-5-6-9-31(24-22(25)20(32-3)11-21(33-4)23(24)26)16-7-8-17-18(10-16)29-19(13-27-17)15-12-28-30(2)14-15/h7-8,10-14H,5-6,9H2,1-4H3. The molecular weight excluding hydrogens is 428 g/mol. The smallest absolute Gasteiger partial charge is 0.191 e. The summed E-state index contributed by atoms with van der Waals surface area (Å²) in [4.78, 5) is 10.8. The molecule has 2 aromatic carbocycles. The zero-order valence-electron chi connectivity index (χ0n) is 19.0. The molecule has 9 heteroatoms. The van der Waals surface area contributed by atoms with Crippen molar-refractivity contribution < 1.29 is 18.3 Å². The molecule has 0 radical (unpaired) electrons. The molecule has 0 atom stereocenters. The molecular formula is C24H25F2N5O2. The molecule has 0 amide bonds. The number of nitrogens with zero attached hydrogens (tertiary/aromatic N) is 5. The van der Waals surface area contributed by atoms with E-state index in [0.29, 0.717) is 29.0 Å². The zero-order chi connectivity index (χ0) is 23.5. The van der Waals surface area contributed by atoms with Crippen LogP contribution in [0.3, 0.4) is 0 Å². The van der Waals surface area contributed by atoms with Gasteiger partial charge in [0.25, 0.3) is 0 Å². The first kappa shape index (κ1) is 22.4. The predicted molar refractivity (Wildman–Crippen MR) is 123 cm³/mol. The molecule has 0 aliphatic carbocycles. The van der Waals surface area contributed by atoms with Crippen molar-refractivity contribution >= 4 is 22.4 Å². The highest BCUT2D eigenvalue weighted by molar-refractivity contribution is 5.83. The van der Waals surface area contributed by atoms with Crippen LogP contribution in [-0.2, 0) is 7.05 Å². The number of aryl methyl sites for hydroxylation is 1. The van der Waals surface area contributed by atoms with E-state index in [-0.39, 0.29) is 17.2 Å². The van der Waals surface area contributed by atoms with E-state index in [4.69, 9.17) is 14.5 Å². The minimum atomic E-state index is -0.790. The summed E-state index contributed by atoms with van der Waals surface area (Å²) in [5, 5.41) is 4.18. The lowest BCUT2D eigenvalue weighted by molar-refractivity contribution is 0.359. The van der Waals surface area contributed by atoms with Crippen LogP contribution in [0.25, 0.3) is 22.3 Å². The molecule has 0 spiro atoms. The number of ether oxygens (including phenoxy) is 2. The zero-order valence-corrected chi connectivity index (χ0v) is 19.0. The van der Waals surface area contributed by atoms with Gasteiger partial charge in [-0.15, -0.1) is 0 Å². The van der Waals surface area contributed by atoms with Gasteiger partial charge >= 0.3 is 0 Å². The first-order valence-corrected chi connectivity index (χ1v) is 10.6. The highest BCUT2D eigenvalue weighted by Gasteiger charge is 2.26. The third-order valence-corrected chi connectivity index (χ3v) is 5.39. The second-order valence-corrected chi connectivity index (χ2v) is 7.59. The number of aromatic nitrogens is 4. The molecule has 7 nitrogen and oxygen atoms in total. The van der Waals surface area contributed by atoms with Gasteiger partial charge in [-0.05, 0) is 24.6 Å². The summed E-state index contributed by atoms with van der Waals surface area (Å²) in [5.74, 6) is -1.77. The van der Waals surface area contributed by atoms with E-state index < -0.39 is 11.6 Å². The Hall–Kier alpha value is -3.75. The molecule has 0 saturated carbocycles. The number of rotatable bonds is 8. The van der Waals surface area contributed by atoms with E-state index in [2.05, 4.69) is 10.1 Å². The molecule has 2 aromatic heterocycles. The first-order valence-electron chi connectivity index (χ1n) is 10.6. The summed E-state index contributed by atoms with van der Waals surface area (Å²) in [5.41, 5.74) is 3.12. The van der Waals surface area contributed by atoms with Crippen LogP contribution in [0.15, 0.2) is 42.9 Å². The fraction of sp³-hybridized carbons (Fsp3) is 0.292. The first-order chi connectivity index (χ1) is 16.0. The Morgan fingerprint density at radius 1 is 1.00 bits per heavy atom. The average Bonchev–Trinajstić information content (AvgIpc) is 3.27. The van der Waals surface area contributed by atoms with Crippen LogP contribution >= 0.6 is 0 Å². The van der Waals surface area contributed by atoms with E-state index in [0.717, 1.165) is 18.4 Å². The average molecular weight is 453 g/mol. The lowest BCUT2D eigenvalue weighted by Gasteiger charge is -2.27. The minimum absolute atomic E-state index is 0.0933. The van der Waals surface area contributed by atoms with Crippen LogP contribution in [0.4, 0.5) is 20.2 Å². The van der Waals surface area contributed by atoms with Crippen molar-refractivity contribution in [3.8, 4) is 22.8 Å². The molecule has 0 aliphatic heterocycles. The van der Waals surface area contributed by atoms with E-state index in [9.17, 15) is 0 Å². The van der Waals surface area contributed by atoms with Gasteiger partial charge < -0.3 is 14.4 Å². The van der Waals surface area contributed by atoms with Crippen molar-refractivity contribution in [1.82, 2.24) is 19.7 Å². The van der Waals surface area contributed by atoms with Crippen LogP contribution in [-0.4, -0.2) is 40.5 Å². The predicted octanol–water partition coefficient (Wildman–Crippen LogP) is 5.26. The third-order valence-electron chi connectivity index (χ3n) is 5.39. The van der Waals surface area contributed by atoms with Crippen LogP contribution < -0.4 is 14.4 Å². The van der Waals surface area contributed by atoms with Crippen LogP contribution in [0.1, 0.15) is 19.8 Å². The monoisotopic (exact) mass is 453 g/mol. The number of hydrogen-bond donors (Lipinski definition) is 0. The fourth-order valence-electron chi connectivity index (χ4n) is 3.66. The number of halogens is 2. The van der Waals surface area contributed by atoms with Crippen molar-refractivity contribution in [3.63, 3.8) is 0 Å². The Kier molecular flexibility index (Phi) is 6.39. The number of benzene rings is 2. The topological polar surface area (TPSA) is 65.3 Å². The Balaban J connectivity index is 1.86. The molecule has 4 rings (SSSR count). The van der Waals surface area contributed by atoms with Gasteiger partial charge in [0.1, 0.15) is 5.69 Å². The Labute approximate surface area is 190 Å². The lowest BCUT2D eigenvalue weighted by atomic mass is 10.1. The maximum Gasteiger partial charge on any atom is 0.191 e. The van der Waals surface area contributed by atoms with Gasteiger partial charge in [0.15, 0.2) is 23.1 Å². The summed E-state index contributed by atoms with van der Waals surface area (Å²) in [6.45, 7) is 2.41. The number of unbranched alkanes of at least 4 members (excludes halogenated alkanes) is 1. The molecule has 0 aliphatic rings.